The molecule has 0 aliphatic rings. The van der Waals surface area contributed by atoms with Gasteiger partial charge in [-0.15, -0.1) is 0 Å². The number of amides is 1. The van der Waals surface area contributed by atoms with Crippen LogP contribution in [0.4, 0.5) is 14.5 Å². The van der Waals surface area contributed by atoms with Crippen molar-refractivity contribution in [1.29, 1.82) is 0 Å². The number of halogens is 2. The quantitative estimate of drug-likeness (QED) is 0.851. The minimum atomic E-state index is -4.63. The maximum atomic E-state index is 12.4. The number of carbonyl (C=O) groups excluding carboxylic acids is 1. The molecular weight excluding hydrogens is 324 g/mol. The van der Waals surface area contributed by atoms with Crippen molar-refractivity contribution in [2.24, 2.45) is 0 Å². The Labute approximate surface area is 132 Å². The van der Waals surface area contributed by atoms with Crippen LogP contribution in [0.2, 0.25) is 0 Å². The first-order valence-electron chi connectivity index (χ1n) is 6.56. The van der Waals surface area contributed by atoms with E-state index in [1.807, 2.05) is 30.3 Å². The number of carbonyl (C=O) groups is 1. The van der Waals surface area contributed by atoms with Crippen molar-refractivity contribution in [2.75, 3.05) is 5.32 Å². The number of alkyl halides is 2. The highest BCUT2D eigenvalue weighted by Crippen LogP contribution is 2.20. The highest BCUT2D eigenvalue weighted by atomic mass is 32.2. The molecule has 0 unspecified atom stereocenters. The van der Waals surface area contributed by atoms with E-state index < -0.39 is 26.4 Å². The van der Waals surface area contributed by atoms with Gasteiger partial charge in [0.05, 0.1) is 4.90 Å². The largest absolute Gasteiger partial charge is 0.341 e. The Balaban J connectivity index is 2.04. The Kier molecular flexibility index (Phi) is 5.23. The number of benzene rings is 2. The lowest BCUT2D eigenvalue weighted by Crippen LogP contribution is -2.12. The summed E-state index contributed by atoms with van der Waals surface area (Å²) in [5.74, 6) is -3.89. The second-order valence-corrected chi connectivity index (χ2v) is 6.48. The lowest BCUT2D eigenvalue weighted by Gasteiger charge is -2.05. The third kappa shape index (κ3) is 4.46. The van der Waals surface area contributed by atoms with E-state index in [0.717, 1.165) is 17.7 Å². The van der Waals surface area contributed by atoms with Crippen molar-refractivity contribution < 1.29 is 22.0 Å². The highest BCUT2D eigenvalue weighted by molar-refractivity contribution is 7.91. The van der Waals surface area contributed by atoms with Crippen LogP contribution in [-0.2, 0) is 14.6 Å². The minimum absolute atomic E-state index is 0.306. The van der Waals surface area contributed by atoms with Gasteiger partial charge >= 0.3 is 5.76 Å². The normalized spacial score (nSPS) is 11.8. The molecule has 23 heavy (non-hydrogen) atoms. The van der Waals surface area contributed by atoms with Gasteiger partial charge < -0.3 is 5.32 Å². The molecule has 120 valence electrons. The molecule has 1 amide bonds. The SMILES string of the molecule is O=C(/C=C/c1ccccc1)Nc1ccc(S(=O)(=O)C(F)F)cc1. The van der Waals surface area contributed by atoms with Gasteiger partial charge in [-0.1, -0.05) is 30.3 Å². The molecule has 7 heteroatoms. The fourth-order valence-corrected chi connectivity index (χ4v) is 2.47. The van der Waals surface area contributed by atoms with Gasteiger partial charge in [0.1, 0.15) is 0 Å². The van der Waals surface area contributed by atoms with Crippen LogP contribution < -0.4 is 5.32 Å². The average Bonchev–Trinajstić information content (AvgIpc) is 2.54. The Hall–Kier alpha value is -2.54. The Morgan fingerprint density at radius 2 is 1.61 bits per heavy atom. The summed E-state index contributed by atoms with van der Waals surface area (Å²) in [6, 6.07) is 13.7. The maximum absolute atomic E-state index is 12.4. The second-order valence-electron chi connectivity index (χ2n) is 4.56. The van der Waals surface area contributed by atoms with Gasteiger partial charge in [-0.25, -0.2) is 8.42 Å². The van der Waals surface area contributed by atoms with Crippen LogP contribution in [0, 0.1) is 0 Å². The predicted octanol–water partition coefficient (Wildman–Crippen LogP) is 3.33. The van der Waals surface area contributed by atoms with Crippen LogP contribution in [-0.4, -0.2) is 20.1 Å². The lowest BCUT2D eigenvalue weighted by atomic mass is 10.2. The number of hydrogen-bond donors (Lipinski definition) is 1. The van der Waals surface area contributed by atoms with E-state index in [1.165, 1.54) is 18.2 Å². The molecule has 1 N–H and O–H groups in total. The molecule has 0 fully saturated rings. The molecule has 0 aromatic heterocycles. The van der Waals surface area contributed by atoms with E-state index >= 15 is 0 Å². The van der Waals surface area contributed by atoms with Crippen molar-refractivity contribution in [3.8, 4) is 0 Å². The van der Waals surface area contributed by atoms with E-state index in [1.54, 1.807) is 6.08 Å². The molecule has 0 heterocycles. The van der Waals surface area contributed by atoms with Gasteiger partial charge in [0.15, 0.2) is 0 Å². The van der Waals surface area contributed by atoms with Gasteiger partial charge in [-0.2, -0.15) is 8.78 Å². The van der Waals surface area contributed by atoms with Gasteiger partial charge in [0.25, 0.3) is 0 Å². The van der Waals surface area contributed by atoms with Crippen molar-refractivity contribution in [3.63, 3.8) is 0 Å². The second kappa shape index (κ2) is 7.15. The van der Waals surface area contributed by atoms with E-state index in [0.29, 0.717) is 5.69 Å². The van der Waals surface area contributed by atoms with Gasteiger partial charge in [0, 0.05) is 11.8 Å². The van der Waals surface area contributed by atoms with Crippen molar-refractivity contribution in [2.45, 2.75) is 10.7 Å². The zero-order chi connectivity index (χ0) is 16.9. The van der Waals surface area contributed by atoms with Crippen LogP contribution in [0.15, 0.2) is 65.6 Å². The van der Waals surface area contributed by atoms with Crippen molar-refractivity contribution >= 4 is 27.5 Å². The number of sulfone groups is 1. The standard InChI is InChI=1S/C16H13F2NO3S/c17-16(18)23(21,22)14-9-7-13(8-10-14)19-15(20)11-6-12-4-2-1-3-5-12/h1-11,16H,(H,19,20)/b11-6+. The molecule has 0 spiro atoms. The molecule has 2 aromatic carbocycles. The first-order valence-corrected chi connectivity index (χ1v) is 8.10. The lowest BCUT2D eigenvalue weighted by molar-refractivity contribution is -0.111. The highest BCUT2D eigenvalue weighted by Gasteiger charge is 2.26. The van der Waals surface area contributed by atoms with Gasteiger partial charge in [0.2, 0.25) is 15.7 Å². The summed E-state index contributed by atoms with van der Waals surface area (Å²) < 4.78 is 47.4. The maximum Gasteiger partial charge on any atom is 0.341 e. The summed E-state index contributed by atoms with van der Waals surface area (Å²) in [6.45, 7) is 0. The van der Waals surface area contributed by atoms with Crippen molar-refractivity contribution in [1.82, 2.24) is 0 Å². The summed E-state index contributed by atoms with van der Waals surface area (Å²) in [6.07, 6.45) is 2.93. The first kappa shape index (κ1) is 16.8. The van der Waals surface area contributed by atoms with Crippen LogP contribution in [0.1, 0.15) is 5.56 Å². The Morgan fingerprint density at radius 3 is 2.17 bits per heavy atom. The number of hydrogen-bond acceptors (Lipinski definition) is 3. The molecule has 2 rings (SSSR count). The van der Waals surface area contributed by atoms with E-state index in [2.05, 4.69) is 5.32 Å². The van der Waals surface area contributed by atoms with Gasteiger partial charge in [-0.3, -0.25) is 4.79 Å². The molecule has 0 aliphatic heterocycles. The summed E-state index contributed by atoms with van der Waals surface area (Å²) in [5, 5.41) is 2.51. The smallest absolute Gasteiger partial charge is 0.323 e. The molecule has 4 nitrogen and oxygen atoms in total. The summed E-state index contributed by atoms with van der Waals surface area (Å²) >= 11 is 0. The van der Waals surface area contributed by atoms with E-state index in [4.69, 9.17) is 0 Å². The minimum Gasteiger partial charge on any atom is -0.323 e. The molecule has 0 atom stereocenters. The molecule has 0 saturated carbocycles. The zero-order valence-electron chi connectivity index (χ0n) is 11.8. The van der Waals surface area contributed by atoms with Crippen LogP contribution >= 0.6 is 0 Å². The van der Waals surface area contributed by atoms with E-state index in [-0.39, 0.29) is 0 Å². The van der Waals surface area contributed by atoms with Crippen LogP contribution in [0.5, 0.6) is 0 Å². The number of anilines is 1. The molecule has 0 aliphatic carbocycles. The predicted molar refractivity (Wildman–Crippen MR) is 83.7 cm³/mol. The Bertz CT molecular complexity index is 801. The third-order valence-electron chi connectivity index (χ3n) is 2.91. The monoisotopic (exact) mass is 337 g/mol. The molecule has 0 radical (unpaired) electrons. The van der Waals surface area contributed by atoms with Crippen molar-refractivity contribution in [3.05, 3.63) is 66.2 Å². The number of rotatable bonds is 5. The topological polar surface area (TPSA) is 63.2 Å². The number of nitrogens with one attached hydrogen (secondary N) is 1. The van der Waals surface area contributed by atoms with Crippen LogP contribution in [0.25, 0.3) is 6.08 Å². The molecule has 2 aromatic rings. The fraction of sp³-hybridized carbons (Fsp3) is 0.0625. The summed E-state index contributed by atoms with van der Waals surface area (Å²) in [4.78, 5) is 11.2. The van der Waals surface area contributed by atoms with E-state index in [9.17, 15) is 22.0 Å². The van der Waals surface area contributed by atoms with Crippen LogP contribution in [0.3, 0.4) is 0 Å². The first-order chi connectivity index (χ1) is 10.9. The zero-order valence-corrected chi connectivity index (χ0v) is 12.6. The fourth-order valence-electron chi connectivity index (χ4n) is 1.75. The molecular formula is C16H13F2NO3S. The molecule has 0 bridgehead atoms. The Morgan fingerprint density at radius 1 is 1.00 bits per heavy atom. The van der Waals surface area contributed by atoms with Gasteiger partial charge in [-0.05, 0) is 35.9 Å². The summed E-state index contributed by atoms with van der Waals surface area (Å²) in [5.41, 5.74) is 1.15. The third-order valence-corrected chi connectivity index (χ3v) is 4.31. The molecule has 0 saturated heterocycles. The summed E-state index contributed by atoms with van der Waals surface area (Å²) in [7, 11) is -4.63. The average molecular weight is 337 g/mol.